The van der Waals surface area contributed by atoms with Crippen LogP contribution in [0.4, 0.5) is 0 Å². The van der Waals surface area contributed by atoms with Gasteiger partial charge in [0.05, 0.1) is 17.4 Å². The van der Waals surface area contributed by atoms with E-state index in [9.17, 15) is 13.2 Å². The first-order valence-corrected chi connectivity index (χ1v) is 8.60. The summed E-state index contributed by atoms with van der Waals surface area (Å²) in [7, 11) is -3.79. The van der Waals surface area contributed by atoms with E-state index >= 15 is 0 Å². The third-order valence-corrected chi connectivity index (χ3v) is 5.03. The molecule has 7 heteroatoms. The number of hydrogen-bond donors (Lipinski definition) is 2. The highest BCUT2D eigenvalue weighted by molar-refractivity contribution is 7.89. The average Bonchev–Trinajstić information content (AvgIpc) is 2.40. The number of benzene rings is 1. The van der Waals surface area contributed by atoms with Crippen molar-refractivity contribution in [1.82, 2.24) is 5.32 Å². The van der Waals surface area contributed by atoms with Crippen molar-refractivity contribution in [3.63, 3.8) is 0 Å². The van der Waals surface area contributed by atoms with Crippen LogP contribution in [0.1, 0.15) is 37.2 Å². The smallest absolute Gasteiger partial charge is 0.238 e. The molecule has 0 spiro atoms. The van der Waals surface area contributed by atoms with E-state index in [2.05, 4.69) is 5.32 Å². The molecule has 0 bridgehead atoms. The third kappa shape index (κ3) is 2.89. The molecule has 1 unspecified atom stereocenters. The van der Waals surface area contributed by atoms with Gasteiger partial charge in [-0.15, -0.1) is 0 Å². The summed E-state index contributed by atoms with van der Waals surface area (Å²) in [6.07, 6.45) is 3.71. The Morgan fingerprint density at radius 3 is 2.67 bits per heavy atom. The Balaban J connectivity index is 1.90. The molecule has 1 aliphatic carbocycles. The summed E-state index contributed by atoms with van der Waals surface area (Å²) in [5.74, 6) is 0.120. The molecule has 0 radical (unpaired) electrons. The van der Waals surface area contributed by atoms with Crippen LogP contribution in [-0.4, -0.2) is 27.0 Å². The molecule has 1 aromatic rings. The molecule has 3 N–H and O–H groups in total. The maximum Gasteiger partial charge on any atom is 0.238 e. The number of primary sulfonamides is 1. The first-order valence-electron chi connectivity index (χ1n) is 7.05. The van der Waals surface area contributed by atoms with Crippen molar-refractivity contribution in [2.24, 2.45) is 5.14 Å². The van der Waals surface area contributed by atoms with E-state index in [0.717, 1.165) is 19.3 Å². The second-order valence-electron chi connectivity index (χ2n) is 5.57. The molecule has 1 saturated carbocycles. The summed E-state index contributed by atoms with van der Waals surface area (Å²) in [6.45, 7) is 0.449. The van der Waals surface area contributed by atoms with Gasteiger partial charge in [-0.05, 0) is 43.9 Å². The van der Waals surface area contributed by atoms with Gasteiger partial charge >= 0.3 is 0 Å². The summed E-state index contributed by atoms with van der Waals surface area (Å²) < 4.78 is 28.4. The molecule has 0 aromatic heterocycles. The maximum absolute atomic E-state index is 12.4. The fraction of sp³-hybridized carbons (Fsp3) is 0.500. The summed E-state index contributed by atoms with van der Waals surface area (Å²) in [5.41, 5.74) is 0.601. The van der Waals surface area contributed by atoms with Gasteiger partial charge < -0.3 is 10.1 Å². The summed E-state index contributed by atoms with van der Waals surface area (Å²) in [6, 6.07) is 4.68. The number of amides is 1. The summed E-state index contributed by atoms with van der Waals surface area (Å²) in [5, 5.41) is 8.16. The summed E-state index contributed by atoms with van der Waals surface area (Å²) >= 11 is 0. The van der Waals surface area contributed by atoms with Crippen LogP contribution in [0.15, 0.2) is 23.1 Å². The number of carbonyl (C=O) groups excluding carboxylic acids is 1. The first-order chi connectivity index (χ1) is 9.95. The van der Waals surface area contributed by atoms with E-state index in [1.165, 1.54) is 12.1 Å². The highest BCUT2D eigenvalue weighted by Gasteiger charge is 2.31. The van der Waals surface area contributed by atoms with Gasteiger partial charge in [-0.1, -0.05) is 0 Å². The zero-order valence-electron chi connectivity index (χ0n) is 11.5. The molecule has 1 atom stereocenters. The molecular formula is C14H18N2O4S. The Labute approximate surface area is 123 Å². The Bertz CT molecular complexity index is 668. The van der Waals surface area contributed by atoms with Crippen LogP contribution >= 0.6 is 0 Å². The van der Waals surface area contributed by atoms with Gasteiger partial charge in [0.1, 0.15) is 5.75 Å². The molecule has 114 valence electrons. The lowest BCUT2D eigenvalue weighted by atomic mass is 9.89. The number of sulfonamides is 1. The molecule has 1 aromatic carbocycles. The molecule has 1 aliphatic heterocycles. The quantitative estimate of drug-likeness (QED) is 0.865. The van der Waals surface area contributed by atoms with Crippen LogP contribution in [0.2, 0.25) is 0 Å². The van der Waals surface area contributed by atoms with Crippen LogP contribution in [0.25, 0.3) is 0 Å². The van der Waals surface area contributed by atoms with E-state index in [0.29, 0.717) is 24.3 Å². The molecular weight excluding hydrogens is 292 g/mol. The maximum atomic E-state index is 12.4. The minimum Gasteiger partial charge on any atom is -0.493 e. The minimum absolute atomic E-state index is 0.00759. The number of nitrogens with two attached hydrogens (primary N) is 1. The Morgan fingerprint density at radius 1 is 1.29 bits per heavy atom. The molecule has 3 rings (SSSR count). The van der Waals surface area contributed by atoms with Gasteiger partial charge in [-0.25, -0.2) is 13.6 Å². The first kappa shape index (κ1) is 14.3. The number of rotatable bonds is 3. The van der Waals surface area contributed by atoms with E-state index in [4.69, 9.17) is 9.88 Å². The van der Waals surface area contributed by atoms with Crippen LogP contribution in [-0.2, 0) is 14.8 Å². The van der Waals surface area contributed by atoms with E-state index in [1.54, 1.807) is 6.07 Å². The number of hydrogen-bond acceptors (Lipinski definition) is 4. The van der Waals surface area contributed by atoms with E-state index < -0.39 is 10.0 Å². The van der Waals surface area contributed by atoms with Crippen molar-refractivity contribution in [3.8, 4) is 5.75 Å². The Kier molecular flexibility index (Phi) is 3.62. The number of fused-ring (bicyclic) bond motifs is 1. The van der Waals surface area contributed by atoms with E-state index in [-0.39, 0.29) is 22.8 Å². The van der Waals surface area contributed by atoms with Gasteiger partial charge in [0, 0.05) is 11.6 Å². The third-order valence-electron chi connectivity index (χ3n) is 4.12. The number of nitrogens with one attached hydrogen (secondary N) is 1. The lowest BCUT2D eigenvalue weighted by Gasteiger charge is -2.31. The van der Waals surface area contributed by atoms with Gasteiger partial charge in [-0.3, -0.25) is 4.79 Å². The van der Waals surface area contributed by atoms with Crippen molar-refractivity contribution in [2.75, 3.05) is 6.61 Å². The molecule has 2 aliphatic rings. The predicted molar refractivity (Wildman–Crippen MR) is 76.4 cm³/mol. The average molecular weight is 310 g/mol. The molecule has 1 fully saturated rings. The van der Waals surface area contributed by atoms with Gasteiger partial charge in [0.25, 0.3) is 0 Å². The number of carbonyl (C=O) groups is 1. The Hall–Kier alpha value is -1.60. The monoisotopic (exact) mass is 310 g/mol. The van der Waals surface area contributed by atoms with Gasteiger partial charge in [0.15, 0.2) is 0 Å². The second kappa shape index (κ2) is 5.31. The van der Waals surface area contributed by atoms with Crippen LogP contribution in [0.3, 0.4) is 0 Å². The minimum atomic E-state index is -3.79. The fourth-order valence-electron chi connectivity index (χ4n) is 2.68. The molecule has 0 saturated heterocycles. The van der Waals surface area contributed by atoms with Gasteiger partial charge in [0.2, 0.25) is 15.9 Å². The fourth-order valence-corrected chi connectivity index (χ4v) is 3.23. The predicted octanol–water partition coefficient (Wildman–Crippen LogP) is 0.869. The number of ether oxygens (including phenoxy) is 1. The van der Waals surface area contributed by atoms with Gasteiger partial charge in [-0.2, -0.15) is 0 Å². The molecule has 1 heterocycles. The standard InChI is InChI=1S/C14H18N2O4S/c15-21(18,19)10-4-5-13-12(8-10)11(6-7-20-13)14(17)16-9-2-1-3-9/h4-5,8-9,11H,1-3,6-7H2,(H,16,17)(H2,15,18,19). The molecule has 6 nitrogen and oxygen atoms in total. The zero-order valence-corrected chi connectivity index (χ0v) is 12.4. The van der Waals surface area contributed by atoms with Crippen molar-refractivity contribution in [2.45, 2.75) is 42.5 Å². The lowest BCUT2D eigenvalue weighted by molar-refractivity contribution is -0.124. The van der Waals surface area contributed by atoms with Crippen LogP contribution in [0, 0.1) is 0 Å². The van der Waals surface area contributed by atoms with Crippen molar-refractivity contribution < 1.29 is 17.9 Å². The van der Waals surface area contributed by atoms with Crippen LogP contribution in [0.5, 0.6) is 5.75 Å². The highest BCUT2D eigenvalue weighted by Crippen LogP contribution is 2.35. The second-order valence-corrected chi connectivity index (χ2v) is 7.13. The normalized spacial score (nSPS) is 21.9. The SMILES string of the molecule is NS(=O)(=O)c1ccc2c(c1)C(C(=O)NC1CCC1)CCO2. The largest absolute Gasteiger partial charge is 0.493 e. The molecule has 21 heavy (non-hydrogen) atoms. The highest BCUT2D eigenvalue weighted by atomic mass is 32.2. The van der Waals surface area contributed by atoms with Crippen molar-refractivity contribution in [1.29, 1.82) is 0 Å². The summed E-state index contributed by atoms with van der Waals surface area (Å²) in [4.78, 5) is 12.4. The zero-order chi connectivity index (χ0) is 15.0. The van der Waals surface area contributed by atoms with Crippen molar-refractivity contribution in [3.05, 3.63) is 23.8 Å². The lowest BCUT2D eigenvalue weighted by Crippen LogP contribution is -2.42. The van der Waals surface area contributed by atoms with Crippen molar-refractivity contribution >= 4 is 15.9 Å². The Morgan fingerprint density at radius 2 is 2.05 bits per heavy atom. The van der Waals surface area contributed by atoms with Crippen LogP contribution < -0.4 is 15.2 Å². The van der Waals surface area contributed by atoms with E-state index in [1.807, 2.05) is 0 Å². The topological polar surface area (TPSA) is 98.5 Å². The molecule has 1 amide bonds.